The third kappa shape index (κ3) is 3.39. The highest BCUT2D eigenvalue weighted by Gasteiger charge is 2.16. The number of carbonyl (C=O) groups excluding carboxylic acids is 1. The summed E-state index contributed by atoms with van der Waals surface area (Å²) in [6, 6.07) is 18.0. The van der Waals surface area contributed by atoms with Crippen molar-refractivity contribution in [3.05, 3.63) is 81.9 Å². The second kappa shape index (κ2) is 7.28. The maximum Gasteiger partial charge on any atom is 0.352 e. The van der Waals surface area contributed by atoms with Gasteiger partial charge in [0.25, 0.3) is 0 Å². The quantitative estimate of drug-likeness (QED) is 0.577. The van der Waals surface area contributed by atoms with Gasteiger partial charge >= 0.3 is 5.69 Å². The number of aryl methyl sites for hydroxylation is 1. The van der Waals surface area contributed by atoms with Gasteiger partial charge in [-0.3, -0.25) is 4.79 Å². The molecule has 2 aromatic heterocycles. The van der Waals surface area contributed by atoms with E-state index in [1.54, 1.807) is 30.3 Å². The molecule has 0 atom stereocenters. The Morgan fingerprint density at radius 3 is 2.57 bits per heavy atom. The van der Waals surface area contributed by atoms with Crippen LogP contribution in [0.2, 0.25) is 5.02 Å². The van der Waals surface area contributed by atoms with Crippen molar-refractivity contribution in [2.75, 3.05) is 5.32 Å². The maximum absolute atomic E-state index is 12.9. The summed E-state index contributed by atoms with van der Waals surface area (Å²) in [7, 11) is 0. The summed E-state index contributed by atoms with van der Waals surface area (Å²) in [6.07, 6.45) is 0. The van der Waals surface area contributed by atoms with Crippen molar-refractivity contribution >= 4 is 28.8 Å². The third-order valence-corrected chi connectivity index (χ3v) is 4.50. The summed E-state index contributed by atoms with van der Waals surface area (Å²) in [6.45, 7) is 1.60. The molecule has 0 bridgehead atoms. The SMILES string of the molecule is Cc1cc2nn(CC(=O)Nc3ccccc3Cl)c(=O)n2c(-c2ccccc2)n1. The van der Waals surface area contributed by atoms with Gasteiger partial charge in [-0.05, 0) is 19.1 Å². The van der Waals surface area contributed by atoms with Crippen LogP contribution in [0.4, 0.5) is 5.69 Å². The van der Waals surface area contributed by atoms with Crippen LogP contribution >= 0.6 is 11.6 Å². The van der Waals surface area contributed by atoms with Gasteiger partial charge in [0.1, 0.15) is 12.4 Å². The Balaban J connectivity index is 1.71. The number of aromatic nitrogens is 4. The Bertz CT molecular complexity index is 1230. The minimum absolute atomic E-state index is 0.237. The molecule has 0 saturated carbocycles. The minimum atomic E-state index is -0.435. The first-order valence-electron chi connectivity index (χ1n) is 8.60. The molecule has 8 heteroatoms. The van der Waals surface area contributed by atoms with Gasteiger partial charge in [0.15, 0.2) is 5.65 Å². The lowest BCUT2D eigenvalue weighted by Gasteiger charge is -2.06. The summed E-state index contributed by atoms with van der Waals surface area (Å²) in [4.78, 5) is 29.8. The van der Waals surface area contributed by atoms with Crippen LogP contribution in [0.1, 0.15) is 5.69 Å². The number of rotatable bonds is 4. The molecule has 0 spiro atoms. The first kappa shape index (κ1) is 17.9. The van der Waals surface area contributed by atoms with E-state index >= 15 is 0 Å². The zero-order valence-electron chi connectivity index (χ0n) is 15.0. The lowest BCUT2D eigenvalue weighted by Crippen LogP contribution is -2.28. The highest BCUT2D eigenvalue weighted by molar-refractivity contribution is 6.33. The van der Waals surface area contributed by atoms with E-state index in [0.29, 0.717) is 22.2 Å². The molecule has 4 rings (SSSR count). The Kier molecular flexibility index (Phi) is 4.67. The van der Waals surface area contributed by atoms with E-state index in [2.05, 4.69) is 15.4 Å². The van der Waals surface area contributed by atoms with Crippen molar-refractivity contribution in [1.82, 2.24) is 19.2 Å². The summed E-state index contributed by atoms with van der Waals surface area (Å²) < 4.78 is 2.53. The van der Waals surface area contributed by atoms with Gasteiger partial charge in [-0.15, -0.1) is 5.10 Å². The van der Waals surface area contributed by atoms with Crippen molar-refractivity contribution in [2.24, 2.45) is 0 Å². The summed E-state index contributed by atoms with van der Waals surface area (Å²) in [5, 5.41) is 7.41. The van der Waals surface area contributed by atoms with Crippen LogP contribution < -0.4 is 11.0 Å². The number of fused-ring (bicyclic) bond motifs is 1. The minimum Gasteiger partial charge on any atom is -0.323 e. The van der Waals surface area contributed by atoms with Crippen molar-refractivity contribution in [3.8, 4) is 11.4 Å². The van der Waals surface area contributed by atoms with Crippen molar-refractivity contribution in [2.45, 2.75) is 13.5 Å². The highest BCUT2D eigenvalue weighted by Crippen LogP contribution is 2.20. The number of benzene rings is 2. The number of para-hydroxylation sites is 1. The Hall–Kier alpha value is -3.45. The fraction of sp³-hybridized carbons (Fsp3) is 0.100. The average molecular weight is 394 g/mol. The van der Waals surface area contributed by atoms with E-state index in [4.69, 9.17) is 11.6 Å². The van der Waals surface area contributed by atoms with E-state index < -0.39 is 11.6 Å². The maximum atomic E-state index is 12.9. The van der Waals surface area contributed by atoms with Gasteiger partial charge in [0, 0.05) is 17.3 Å². The lowest BCUT2D eigenvalue weighted by atomic mass is 10.2. The molecule has 0 unspecified atom stereocenters. The molecule has 0 aliphatic carbocycles. The lowest BCUT2D eigenvalue weighted by molar-refractivity contribution is -0.117. The van der Waals surface area contributed by atoms with Gasteiger partial charge in [-0.2, -0.15) is 0 Å². The van der Waals surface area contributed by atoms with E-state index in [-0.39, 0.29) is 6.54 Å². The van der Waals surface area contributed by atoms with Crippen LogP contribution in [-0.2, 0) is 11.3 Å². The number of carbonyl (C=O) groups is 1. The van der Waals surface area contributed by atoms with Crippen LogP contribution in [0.15, 0.2) is 65.5 Å². The third-order valence-electron chi connectivity index (χ3n) is 4.17. The van der Waals surface area contributed by atoms with E-state index in [9.17, 15) is 9.59 Å². The molecule has 7 nitrogen and oxygen atoms in total. The van der Waals surface area contributed by atoms with Gasteiger partial charge in [0.05, 0.1) is 10.7 Å². The molecular formula is C20H16ClN5O2. The van der Waals surface area contributed by atoms with Gasteiger partial charge in [-0.25, -0.2) is 18.9 Å². The number of amides is 1. The molecular weight excluding hydrogens is 378 g/mol. The Morgan fingerprint density at radius 1 is 1.11 bits per heavy atom. The van der Waals surface area contributed by atoms with Crippen LogP contribution in [0, 0.1) is 6.92 Å². The molecule has 0 aliphatic rings. The molecule has 1 amide bonds. The van der Waals surface area contributed by atoms with Crippen LogP contribution in [0.5, 0.6) is 0 Å². The molecule has 2 heterocycles. The molecule has 2 aromatic carbocycles. The second-order valence-electron chi connectivity index (χ2n) is 6.25. The topological polar surface area (TPSA) is 81.3 Å². The first-order valence-corrected chi connectivity index (χ1v) is 8.98. The molecule has 0 aliphatic heterocycles. The molecule has 0 saturated heterocycles. The van der Waals surface area contributed by atoms with E-state index in [1.807, 2.05) is 37.3 Å². The zero-order chi connectivity index (χ0) is 19.7. The largest absolute Gasteiger partial charge is 0.352 e. The normalized spacial score (nSPS) is 10.9. The number of anilines is 1. The number of nitrogens with zero attached hydrogens (tertiary/aromatic N) is 4. The summed E-state index contributed by atoms with van der Waals surface area (Å²) in [5.41, 5.74) is 1.99. The predicted octanol–water partition coefficient (Wildman–Crippen LogP) is 3.16. The molecule has 0 fully saturated rings. The fourth-order valence-corrected chi connectivity index (χ4v) is 3.11. The van der Waals surface area contributed by atoms with Crippen LogP contribution in [0.25, 0.3) is 17.0 Å². The number of nitrogens with one attached hydrogen (secondary N) is 1. The molecule has 4 aromatic rings. The smallest absolute Gasteiger partial charge is 0.323 e. The van der Waals surface area contributed by atoms with Gasteiger partial charge in [0.2, 0.25) is 5.91 Å². The fourth-order valence-electron chi connectivity index (χ4n) is 2.93. The number of halogens is 1. The highest BCUT2D eigenvalue weighted by atomic mass is 35.5. The molecule has 28 heavy (non-hydrogen) atoms. The molecule has 140 valence electrons. The number of hydrogen-bond donors (Lipinski definition) is 1. The standard InChI is InChI=1S/C20H16ClN5O2/c1-13-11-17-24-25(12-18(27)23-16-10-6-5-9-15(16)21)20(28)26(17)19(22-13)14-7-3-2-4-8-14/h2-11H,12H2,1H3,(H,23,27). The Morgan fingerprint density at radius 2 is 1.82 bits per heavy atom. The summed E-state index contributed by atoms with van der Waals surface area (Å²) in [5.74, 6) is 0.0860. The molecule has 1 N–H and O–H groups in total. The Labute approximate surface area is 165 Å². The van der Waals surface area contributed by atoms with E-state index in [1.165, 1.54) is 4.40 Å². The molecule has 0 radical (unpaired) electrons. The summed E-state index contributed by atoms with van der Waals surface area (Å²) >= 11 is 6.06. The van der Waals surface area contributed by atoms with Gasteiger partial charge in [-0.1, -0.05) is 54.1 Å². The second-order valence-corrected chi connectivity index (χ2v) is 6.66. The van der Waals surface area contributed by atoms with Crippen molar-refractivity contribution in [3.63, 3.8) is 0 Å². The first-order chi connectivity index (χ1) is 13.5. The average Bonchev–Trinajstić information content (AvgIpc) is 2.99. The van der Waals surface area contributed by atoms with Crippen LogP contribution in [0.3, 0.4) is 0 Å². The zero-order valence-corrected chi connectivity index (χ0v) is 15.7. The predicted molar refractivity (Wildman–Crippen MR) is 108 cm³/mol. The van der Waals surface area contributed by atoms with Crippen molar-refractivity contribution < 1.29 is 4.79 Å². The number of hydrogen-bond acceptors (Lipinski definition) is 4. The van der Waals surface area contributed by atoms with E-state index in [0.717, 1.165) is 15.9 Å². The van der Waals surface area contributed by atoms with Crippen LogP contribution in [-0.4, -0.2) is 25.1 Å². The van der Waals surface area contributed by atoms with Crippen molar-refractivity contribution in [1.29, 1.82) is 0 Å². The monoisotopic (exact) mass is 393 g/mol. The van der Waals surface area contributed by atoms with Gasteiger partial charge < -0.3 is 5.32 Å².